The summed E-state index contributed by atoms with van der Waals surface area (Å²) in [5.41, 5.74) is 3.96. The second-order valence-corrected chi connectivity index (χ2v) is 8.59. The fraction of sp³-hybridized carbons (Fsp3) is 0.174. The highest BCUT2D eigenvalue weighted by Crippen LogP contribution is 2.45. The molecule has 2 heterocycles. The van der Waals surface area contributed by atoms with Gasteiger partial charge in [0.1, 0.15) is 5.78 Å². The van der Waals surface area contributed by atoms with E-state index in [1.54, 1.807) is 11.3 Å². The Balaban J connectivity index is 1.63. The van der Waals surface area contributed by atoms with Crippen LogP contribution < -0.4 is 10.6 Å². The fourth-order valence-corrected chi connectivity index (χ4v) is 5.27. The zero-order valence-electron chi connectivity index (χ0n) is 15.1. The van der Waals surface area contributed by atoms with Crippen LogP contribution in [0.15, 0.2) is 77.8 Å². The van der Waals surface area contributed by atoms with Gasteiger partial charge in [-0.25, -0.2) is 0 Å². The predicted octanol–water partition coefficient (Wildman–Crippen LogP) is 6.24. The third-order valence-corrected chi connectivity index (χ3v) is 6.79. The molecule has 28 heavy (non-hydrogen) atoms. The number of para-hydroxylation sites is 2. The summed E-state index contributed by atoms with van der Waals surface area (Å²) in [5, 5.41) is 9.93. The number of carbonyl (C=O) groups excluding carboxylic acids is 1. The van der Waals surface area contributed by atoms with Crippen molar-refractivity contribution in [1.29, 1.82) is 0 Å². The number of ketones is 1. The molecule has 1 aliphatic carbocycles. The Kier molecular flexibility index (Phi) is 4.46. The topological polar surface area (TPSA) is 41.1 Å². The summed E-state index contributed by atoms with van der Waals surface area (Å²) >= 11 is 8.11. The number of carbonyl (C=O) groups is 1. The van der Waals surface area contributed by atoms with Gasteiger partial charge < -0.3 is 10.6 Å². The highest BCUT2D eigenvalue weighted by molar-refractivity contribution is 7.10. The molecule has 3 atom stereocenters. The lowest BCUT2D eigenvalue weighted by Crippen LogP contribution is -2.33. The standard InChI is InChI=1S/C23H19ClN2OS/c24-16-7-2-1-6-15(16)14-12-19-22(20(27)13-14)23(21-10-5-11-28-21)26-18-9-4-3-8-17(18)25-19/h1-12,14,22-23,25-26H,13H2. The van der Waals surface area contributed by atoms with E-state index in [9.17, 15) is 4.79 Å². The molecule has 1 aliphatic heterocycles. The van der Waals surface area contributed by atoms with Gasteiger partial charge in [0.25, 0.3) is 0 Å². The smallest absolute Gasteiger partial charge is 0.145 e. The Bertz CT molecular complexity index is 1060. The van der Waals surface area contributed by atoms with E-state index in [1.807, 2.05) is 48.5 Å². The summed E-state index contributed by atoms with van der Waals surface area (Å²) in [5.74, 6) is -0.0346. The van der Waals surface area contributed by atoms with Crippen LogP contribution in [-0.4, -0.2) is 5.78 Å². The summed E-state index contributed by atoms with van der Waals surface area (Å²) < 4.78 is 0. The highest BCUT2D eigenvalue weighted by Gasteiger charge is 2.40. The van der Waals surface area contributed by atoms with Gasteiger partial charge in [-0.3, -0.25) is 4.79 Å². The number of fused-ring (bicyclic) bond motifs is 2. The van der Waals surface area contributed by atoms with Crippen LogP contribution >= 0.6 is 22.9 Å². The van der Waals surface area contributed by atoms with Crippen LogP contribution in [0.3, 0.4) is 0 Å². The van der Waals surface area contributed by atoms with Gasteiger partial charge in [0.05, 0.1) is 23.3 Å². The Morgan fingerprint density at radius 1 is 0.964 bits per heavy atom. The molecule has 140 valence electrons. The van der Waals surface area contributed by atoms with E-state index in [1.165, 1.54) is 4.88 Å². The van der Waals surface area contributed by atoms with Crippen LogP contribution in [-0.2, 0) is 4.79 Å². The van der Waals surface area contributed by atoms with Crippen molar-refractivity contribution in [2.45, 2.75) is 18.4 Å². The maximum Gasteiger partial charge on any atom is 0.145 e. The first-order valence-corrected chi connectivity index (χ1v) is 10.6. The fourth-order valence-electron chi connectivity index (χ4n) is 4.18. The molecule has 3 aromatic rings. The summed E-state index contributed by atoms with van der Waals surface area (Å²) in [4.78, 5) is 14.5. The van der Waals surface area contributed by atoms with E-state index in [0.29, 0.717) is 11.4 Å². The minimum atomic E-state index is -0.246. The maximum atomic E-state index is 13.4. The van der Waals surface area contributed by atoms with Crippen LogP contribution in [0.25, 0.3) is 0 Å². The molecule has 5 heteroatoms. The average Bonchev–Trinajstić information content (AvgIpc) is 3.17. The summed E-state index contributed by atoms with van der Waals surface area (Å²) in [6, 6.07) is 20.0. The van der Waals surface area contributed by atoms with Crippen molar-refractivity contribution < 1.29 is 4.79 Å². The molecule has 3 unspecified atom stereocenters. The Morgan fingerprint density at radius 2 is 1.75 bits per heavy atom. The number of allylic oxidation sites excluding steroid dienone is 1. The minimum Gasteiger partial charge on any atom is -0.375 e. The maximum absolute atomic E-state index is 13.4. The lowest BCUT2D eigenvalue weighted by molar-refractivity contribution is -0.122. The van der Waals surface area contributed by atoms with Crippen LogP contribution in [0.4, 0.5) is 11.4 Å². The molecule has 0 radical (unpaired) electrons. The molecule has 0 bridgehead atoms. The average molecular weight is 407 g/mol. The summed E-state index contributed by atoms with van der Waals surface area (Å²) in [6.45, 7) is 0. The zero-order valence-corrected chi connectivity index (χ0v) is 16.6. The molecule has 3 nitrogen and oxygen atoms in total. The van der Waals surface area contributed by atoms with Crippen molar-refractivity contribution in [3.63, 3.8) is 0 Å². The molecule has 0 fully saturated rings. The SMILES string of the molecule is O=C1CC(c2ccccc2Cl)C=C2Nc3ccccc3NC(c3cccs3)C12. The lowest BCUT2D eigenvalue weighted by Gasteiger charge is -2.32. The number of hydrogen-bond acceptors (Lipinski definition) is 4. The number of Topliss-reactive ketones (excluding diaryl/α,β-unsaturated/α-hetero) is 1. The van der Waals surface area contributed by atoms with Crippen molar-refractivity contribution in [1.82, 2.24) is 0 Å². The third kappa shape index (κ3) is 3.03. The normalized spacial score (nSPS) is 23.5. The molecule has 0 saturated carbocycles. The quantitative estimate of drug-likeness (QED) is 0.529. The number of nitrogens with one attached hydrogen (secondary N) is 2. The van der Waals surface area contributed by atoms with Gasteiger partial charge in [0, 0.05) is 27.9 Å². The first-order chi connectivity index (χ1) is 13.7. The van der Waals surface area contributed by atoms with Crippen LogP contribution in [0.2, 0.25) is 5.02 Å². The number of thiophene rings is 1. The zero-order chi connectivity index (χ0) is 19.1. The van der Waals surface area contributed by atoms with E-state index in [2.05, 4.69) is 34.2 Å². The van der Waals surface area contributed by atoms with Gasteiger partial charge in [-0.05, 0) is 35.2 Å². The third-order valence-electron chi connectivity index (χ3n) is 5.49. The second kappa shape index (κ2) is 7.12. The molecule has 0 spiro atoms. The molecule has 5 rings (SSSR count). The van der Waals surface area contributed by atoms with Gasteiger partial charge >= 0.3 is 0 Å². The van der Waals surface area contributed by atoms with Gasteiger partial charge in [-0.1, -0.05) is 54.1 Å². The predicted molar refractivity (Wildman–Crippen MR) is 116 cm³/mol. The highest BCUT2D eigenvalue weighted by atomic mass is 35.5. The van der Waals surface area contributed by atoms with E-state index in [4.69, 9.17) is 11.6 Å². The Morgan fingerprint density at radius 3 is 2.54 bits per heavy atom. The van der Waals surface area contributed by atoms with Crippen molar-refractivity contribution in [2.75, 3.05) is 10.6 Å². The van der Waals surface area contributed by atoms with Crippen LogP contribution in [0, 0.1) is 5.92 Å². The Labute approximate surface area is 173 Å². The van der Waals surface area contributed by atoms with Gasteiger partial charge in [0.2, 0.25) is 0 Å². The van der Waals surface area contributed by atoms with Crippen LogP contribution in [0.1, 0.15) is 28.8 Å². The van der Waals surface area contributed by atoms with Gasteiger partial charge in [0.15, 0.2) is 0 Å². The number of benzene rings is 2. The van der Waals surface area contributed by atoms with Crippen LogP contribution in [0.5, 0.6) is 0 Å². The number of hydrogen-bond donors (Lipinski definition) is 2. The monoisotopic (exact) mass is 406 g/mol. The van der Waals surface area contributed by atoms with Crippen molar-refractivity contribution in [3.05, 3.63) is 93.3 Å². The molecule has 1 aromatic heterocycles. The van der Waals surface area contributed by atoms with Crippen molar-refractivity contribution in [2.24, 2.45) is 5.92 Å². The van der Waals surface area contributed by atoms with E-state index in [0.717, 1.165) is 22.6 Å². The summed E-state index contributed by atoms with van der Waals surface area (Å²) in [6.07, 6.45) is 2.65. The van der Waals surface area contributed by atoms with Crippen molar-refractivity contribution >= 4 is 40.1 Å². The van der Waals surface area contributed by atoms with Crippen molar-refractivity contribution in [3.8, 4) is 0 Å². The number of anilines is 2. The van der Waals surface area contributed by atoms with E-state index < -0.39 is 0 Å². The van der Waals surface area contributed by atoms with E-state index in [-0.39, 0.29) is 23.7 Å². The molecular weight excluding hydrogens is 388 g/mol. The largest absolute Gasteiger partial charge is 0.375 e. The number of halogens is 1. The second-order valence-electron chi connectivity index (χ2n) is 7.21. The molecular formula is C23H19ClN2OS. The van der Waals surface area contributed by atoms with Gasteiger partial charge in [-0.15, -0.1) is 11.3 Å². The minimum absolute atomic E-state index is 0.0193. The lowest BCUT2D eigenvalue weighted by atomic mass is 9.78. The molecule has 0 saturated heterocycles. The Hall–Kier alpha value is -2.56. The molecule has 2 aliphatic rings. The van der Waals surface area contributed by atoms with Gasteiger partial charge in [-0.2, -0.15) is 0 Å². The van der Waals surface area contributed by atoms with E-state index >= 15 is 0 Å². The first-order valence-electron chi connectivity index (χ1n) is 9.35. The molecule has 0 amide bonds. The summed E-state index contributed by atoms with van der Waals surface area (Å²) in [7, 11) is 0. The number of rotatable bonds is 2. The molecule has 2 N–H and O–H groups in total. The first kappa shape index (κ1) is 17.5. The molecule has 2 aromatic carbocycles.